The van der Waals surface area contributed by atoms with Crippen molar-refractivity contribution in [2.45, 2.75) is 52.4 Å². The van der Waals surface area contributed by atoms with Gasteiger partial charge in [0.15, 0.2) is 0 Å². The third kappa shape index (κ3) is 3.27. The summed E-state index contributed by atoms with van der Waals surface area (Å²) in [6.07, 6.45) is 1.02. The number of carbonyl (C=O) groups excluding carboxylic acids is 1. The number of nitro benzene ring substituents is 1. The molecule has 0 spiro atoms. The van der Waals surface area contributed by atoms with E-state index in [2.05, 4.69) is 19.2 Å². The molecule has 1 aromatic carbocycles. The smallest absolute Gasteiger partial charge is 0.270 e. The molecule has 1 aliphatic rings. The van der Waals surface area contributed by atoms with Crippen molar-refractivity contribution >= 4 is 11.6 Å². The van der Waals surface area contributed by atoms with Crippen LogP contribution in [0.25, 0.3) is 0 Å². The van der Waals surface area contributed by atoms with E-state index in [1.54, 1.807) is 6.07 Å². The predicted octanol–water partition coefficient (Wildman–Crippen LogP) is 2.92. The number of hydrogen-bond acceptors (Lipinski definition) is 4. The molecule has 1 N–H and O–H groups in total. The first-order chi connectivity index (χ1) is 10.2. The SMILES string of the molecule is CC(C)O[C@H]1C[C@H](NC(=O)c2cccc([N+](=O)[O-])c2)C1(C)C. The van der Waals surface area contributed by atoms with Gasteiger partial charge in [-0.3, -0.25) is 14.9 Å². The number of benzene rings is 1. The lowest BCUT2D eigenvalue weighted by molar-refractivity contribution is -0.384. The van der Waals surface area contributed by atoms with Crippen molar-refractivity contribution < 1.29 is 14.5 Å². The summed E-state index contributed by atoms with van der Waals surface area (Å²) in [7, 11) is 0. The van der Waals surface area contributed by atoms with Crippen LogP contribution in [0.3, 0.4) is 0 Å². The lowest BCUT2D eigenvalue weighted by Gasteiger charge is -2.52. The summed E-state index contributed by atoms with van der Waals surface area (Å²) < 4.78 is 5.83. The quantitative estimate of drug-likeness (QED) is 0.670. The maximum absolute atomic E-state index is 12.3. The van der Waals surface area contributed by atoms with Crippen LogP contribution in [0.15, 0.2) is 24.3 Å². The molecule has 6 heteroatoms. The zero-order chi connectivity index (χ0) is 16.5. The molecule has 2 rings (SSSR count). The summed E-state index contributed by atoms with van der Waals surface area (Å²) in [4.78, 5) is 22.5. The van der Waals surface area contributed by atoms with Gasteiger partial charge in [0.2, 0.25) is 0 Å². The van der Waals surface area contributed by atoms with E-state index in [9.17, 15) is 14.9 Å². The molecule has 0 bridgehead atoms. The Bertz CT molecular complexity index is 583. The number of ether oxygens (including phenoxy) is 1. The Balaban J connectivity index is 2.02. The van der Waals surface area contributed by atoms with Crippen LogP contribution < -0.4 is 5.32 Å². The van der Waals surface area contributed by atoms with Gasteiger partial charge in [-0.2, -0.15) is 0 Å². The van der Waals surface area contributed by atoms with Crippen molar-refractivity contribution in [3.63, 3.8) is 0 Å². The van der Waals surface area contributed by atoms with Crippen molar-refractivity contribution in [3.05, 3.63) is 39.9 Å². The van der Waals surface area contributed by atoms with Crippen LogP contribution >= 0.6 is 0 Å². The number of non-ortho nitro benzene ring substituents is 1. The summed E-state index contributed by atoms with van der Waals surface area (Å²) in [5.74, 6) is -0.287. The first-order valence-corrected chi connectivity index (χ1v) is 7.42. The average molecular weight is 306 g/mol. The molecule has 22 heavy (non-hydrogen) atoms. The summed E-state index contributed by atoms with van der Waals surface area (Å²) in [6.45, 7) is 8.10. The van der Waals surface area contributed by atoms with Crippen LogP contribution in [0.4, 0.5) is 5.69 Å². The Morgan fingerprint density at radius 3 is 2.68 bits per heavy atom. The Labute approximate surface area is 130 Å². The monoisotopic (exact) mass is 306 g/mol. The number of carbonyl (C=O) groups is 1. The van der Waals surface area contributed by atoms with Crippen molar-refractivity contribution in [2.75, 3.05) is 0 Å². The maximum atomic E-state index is 12.3. The third-order valence-corrected chi connectivity index (χ3v) is 4.24. The van der Waals surface area contributed by atoms with Gasteiger partial charge < -0.3 is 10.1 Å². The first-order valence-electron chi connectivity index (χ1n) is 7.42. The lowest BCUT2D eigenvalue weighted by atomic mass is 9.64. The highest BCUT2D eigenvalue weighted by Crippen LogP contribution is 2.43. The zero-order valence-corrected chi connectivity index (χ0v) is 13.3. The van der Waals surface area contributed by atoms with E-state index in [-0.39, 0.29) is 35.3 Å². The second-order valence-corrected chi connectivity index (χ2v) is 6.56. The number of nitrogens with zero attached hydrogens (tertiary/aromatic N) is 1. The molecule has 6 nitrogen and oxygen atoms in total. The number of amides is 1. The Kier molecular flexibility index (Phi) is 4.51. The molecule has 1 saturated carbocycles. The molecule has 0 aromatic heterocycles. The summed E-state index contributed by atoms with van der Waals surface area (Å²) in [5.41, 5.74) is 0.0699. The van der Waals surface area contributed by atoms with Gasteiger partial charge in [-0.1, -0.05) is 19.9 Å². The van der Waals surface area contributed by atoms with Crippen LogP contribution in [0.1, 0.15) is 44.5 Å². The minimum absolute atomic E-state index is 0.00279. The van der Waals surface area contributed by atoms with E-state index >= 15 is 0 Å². The Morgan fingerprint density at radius 1 is 1.45 bits per heavy atom. The lowest BCUT2D eigenvalue weighted by Crippen LogP contribution is -2.62. The molecular weight excluding hydrogens is 284 g/mol. The fourth-order valence-electron chi connectivity index (χ4n) is 2.69. The largest absolute Gasteiger partial charge is 0.375 e. The van der Waals surface area contributed by atoms with Crippen LogP contribution in [0, 0.1) is 15.5 Å². The van der Waals surface area contributed by atoms with Gasteiger partial charge in [-0.05, 0) is 26.3 Å². The minimum atomic E-state index is -0.503. The van der Waals surface area contributed by atoms with E-state index in [0.29, 0.717) is 5.56 Å². The zero-order valence-electron chi connectivity index (χ0n) is 13.3. The van der Waals surface area contributed by atoms with Crippen LogP contribution in [0.5, 0.6) is 0 Å². The fourth-order valence-corrected chi connectivity index (χ4v) is 2.69. The molecular formula is C16H22N2O4. The molecule has 0 saturated heterocycles. The molecule has 0 aliphatic heterocycles. The topological polar surface area (TPSA) is 81.5 Å². The number of nitro groups is 1. The highest BCUT2D eigenvalue weighted by molar-refractivity contribution is 5.95. The van der Waals surface area contributed by atoms with Gasteiger partial charge in [0.05, 0.1) is 17.1 Å². The van der Waals surface area contributed by atoms with E-state index in [1.807, 2.05) is 13.8 Å². The molecule has 0 heterocycles. The van der Waals surface area contributed by atoms with Gasteiger partial charge in [-0.25, -0.2) is 0 Å². The van der Waals surface area contributed by atoms with Crippen molar-refractivity contribution in [3.8, 4) is 0 Å². The second kappa shape index (κ2) is 6.04. The molecule has 2 atom stereocenters. The highest BCUT2D eigenvalue weighted by Gasteiger charge is 2.50. The van der Waals surface area contributed by atoms with Crippen molar-refractivity contribution in [1.82, 2.24) is 5.32 Å². The first kappa shape index (κ1) is 16.4. The highest BCUT2D eigenvalue weighted by atomic mass is 16.6. The van der Waals surface area contributed by atoms with E-state index in [0.717, 1.165) is 6.42 Å². The number of nitrogens with one attached hydrogen (secondary N) is 1. The van der Waals surface area contributed by atoms with Gasteiger partial charge in [0.1, 0.15) is 0 Å². The van der Waals surface area contributed by atoms with Crippen LogP contribution in [-0.4, -0.2) is 29.1 Å². The summed E-state index contributed by atoms with van der Waals surface area (Å²) in [6, 6.07) is 5.77. The molecule has 0 unspecified atom stereocenters. The number of rotatable bonds is 5. The van der Waals surface area contributed by atoms with Crippen molar-refractivity contribution in [2.24, 2.45) is 5.41 Å². The standard InChI is InChI=1S/C16H22N2O4/c1-10(2)22-14-9-13(16(14,3)4)17-15(19)11-6-5-7-12(8-11)18(20)21/h5-8,10,13-14H,9H2,1-4H3,(H,17,19)/t13-,14-/m0/s1. The Hall–Kier alpha value is -1.95. The molecule has 120 valence electrons. The van der Waals surface area contributed by atoms with Crippen LogP contribution in [0.2, 0.25) is 0 Å². The van der Waals surface area contributed by atoms with E-state index in [1.165, 1.54) is 18.2 Å². The van der Waals surface area contributed by atoms with Gasteiger partial charge in [-0.15, -0.1) is 0 Å². The summed E-state index contributed by atoms with van der Waals surface area (Å²) >= 11 is 0. The van der Waals surface area contributed by atoms with Crippen molar-refractivity contribution in [1.29, 1.82) is 0 Å². The van der Waals surface area contributed by atoms with E-state index in [4.69, 9.17) is 4.74 Å². The predicted molar refractivity (Wildman–Crippen MR) is 82.8 cm³/mol. The molecule has 0 radical (unpaired) electrons. The average Bonchev–Trinajstić information content (AvgIpc) is 2.45. The fraction of sp³-hybridized carbons (Fsp3) is 0.562. The third-order valence-electron chi connectivity index (χ3n) is 4.24. The van der Waals surface area contributed by atoms with Gasteiger partial charge in [0.25, 0.3) is 11.6 Å². The Morgan fingerprint density at radius 2 is 2.14 bits per heavy atom. The number of hydrogen-bond donors (Lipinski definition) is 1. The molecule has 1 fully saturated rings. The summed E-state index contributed by atoms with van der Waals surface area (Å²) in [5, 5.41) is 13.7. The van der Waals surface area contributed by atoms with Crippen LogP contribution in [-0.2, 0) is 4.74 Å². The van der Waals surface area contributed by atoms with E-state index < -0.39 is 4.92 Å². The maximum Gasteiger partial charge on any atom is 0.270 e. The molecule has 1 amide bonds. The molecule has 1 aromatic rings. The van der Waals surface area contributed by atoms with Gasteiger partial charge in [0, 0.05) is 29.2 Å². The normalized spacial score (nSPS) is 23.0. The van der Waals surface area contributed by atoms with Gasteiger partial charge >= 0.3 is 0 Å². The minimum Gasteiger partial charge on any atom is -0.375 e. The molecule has 1 aliphatic carbocycles. The second-order valence-electron chi connectivity index (χ2n) is 6.56.